The second-order valence-electron chi connectivity index (χ2n) is 4.88. The van der Waals surface area contributed by atoms with Gasteiger partial charge >= 0.3 is 11.7 Å². The zero-order chi connectivity index (χ0) is 19.4. The van der Waals surface area contributed by atoms with Gasteiger partial charge in [-0.2, -0.15) is 0 Å². The first kappa shape index (κ1) is 18.9. The Kier molecular flexibility index (Phi) is 5.58. The Morgan fingerprint density at radius 3 is 2.23 bits per heavy atom. The third kappa shape index (κ3) is 3.81. The Labute approximate surface area is 151 Å². The smallest absolute Gasteiger partial charge is 0.339 e. The number of halogens is 1. The number of nitro benzene ring substituents is 2. The van der Waals surface area contributed by atoms with E-state index in [1.54, 1.807) is 19.1 Å². The van der Waals surface area contributed by atoms with E-state index in [0.29, 0.717) is 24.1 Å². The summed E-state index contributed by atoms with van der Waals surface area (Å²) in [7, 11) is 0. The molecular formula is C15H12ClN3O7. The summed E-state index contributed by atoms with van der Waals surface area (Å²) in [6.45, 7) is 2.24. The number of nitrogens with one attached hydrogen (secondary N) is 1. The summed E-state index contributed by atoms with van der Waals surface area (Å²) in [4.78, 5) is 31.9. The molecule has 0 spiro atoms. The van der Waals surface area contributed by atoms with E-state index in [0.717, 1.165) is 0 Å². The highest BCUT2D eigenvalue weighted by Gasteiger charge is 2.32. The number of nitro groups is 2. The minimum absolute atomic E-state index is 0.309. The molecule has 11 heteroatoms. The number of hydrogen-bond acceptors (Lipinski definition) is 7. The van der Waals surface area contributed by atoms with E-state index in [-0.39, 0.29) is 0 Å². The SMILES string of the molecule is CCOc1ccc(Nc2c([N+](=O)[O-])cc([N+](=O)[O-])c(Cl)c2C(=O)O)cc1. The van der Waals surface area contributed by atoms with Crippen LogP contribution in [0.2, 0.25) is 5.02 Å². The number of hydrogen-bond donors (Lipinski definition) is 2. The molecule has 0 heterocycles. The van der Waals surface area contributed by atoms with Gasteiger partial charge in [-0.05, 0) is 31.2 Å². The van der Waals surface area contributed by atoms with Crippen molar-refractivity contribution in [1.29, 1.82) is 0 Å². The number of nitrogens with zero attached hydrogens (tertiary/aromatic N) is 2. The number of carbonyl (C=O) groups is 1. The highest BCUT2D eigenvalue weighted by molar-refractivity contribution is 6.36. The lowest BCUT2D eigenvalue weighted by atomic mass is 10.1. The normalized spacial score (nSPS) is 10.2. The van der Waals surface area contributed by atoms with E-state index in [1.165, 1.54) is 12.1 Å². The summed E-state index contributed by atoms with van der Waals surface area (Å²) in [6.07, 6.45) is 0. The largest absolute Gasteiger partial charge is 0.494 e. The van der Waals surface area contributed by atoms with Gasteiger partial charge in [-0.3, -0.25) is 20.2 Å². The molecule has 10 nitrogen and oxygen atoms in total. The zero-order valence-corrected chi connectivity index (χ0v) is 14.0. The number of rotatable bonds is 7. The molecular weight excluding hydrogens is 370 g/mol. The molecule has 0 fully saturated rings. The van der Waals surface area contributed by atoms with E-state index < -0.39 is 43.5 Å². The number of carboxylic acids is 1. The van der Waals surface area contributed by atoms with Gasteiger partial charge in [0.25, 0.3) is 5.69 Å². The van der Waals surface area contributed by atoms with Crippen LogP contribution in [0.25, 0.3) is 0 Å². The Hall–Kier alpha value is -3.40. The Morgan fingerprint density at radius 2 is 1.77 bits per heavy atom. The number of carboxylic acid groups (broad SMARTS) is 1. The van der Waals surface area contributed by atoms with E-state index in [1.807, 2.05) is 0 Å². The van der Waals surface area contributed by atoms with Crippen LogP contribution in [0.5, 0.6) is 5.75 Å². The first-order chi connectivity index (χ1) is 12.3. The molecule has 0 amide bonds. The second kappa shape index (κ2) is 7.66. The van der Waals surface area contributed by atoms with Crippen LogP contribution in [0.3, 0.4) is 0 Å². The molecule has 0 aliphatic carbocycles. The second-order valence-corrected chi connectivity index (χ2v) is 5.26. The van der Waals surface area contributed by atoms with Crippen molar-refractivity contribution in [3.63, 3.8) is 0 Å². The van der Waals surface area contributed by atoms with Crippen molar-refractivity contribution in [2.45, 2.75) is 6.92 Å². The molecule has 0 atom stereocenters. The molecule has 0 radical (unpaired) electrons. The summed E-state index contributed by atoms with van der Waals surface area (Å²) >= 11 is 5.81. The Balaban J connectivity index is 2.61. The van der Waals surface area contributed by atoms with Crippen LogP contribution >= 0.6 is 11.6 Å². The third-order valence-corrected chi connectivity index (χ3v) is 3.65. The van der Waals surface area contributed by atoms with E-state index >= 15 is 0 Å². The molecule has 0 saturated heterocycles. The molecule has 2 N–H and O–H groups in total. The number of ether oxygens (including phenoxy) is 1. The predicted molar refractivity (Wildman–Crippen MR) is 92.6 cm³/mol. The number of anilines is 2. The highest BCUT2D eigenvalue weighted by Crippen LogP contribution is 2.41. The molecule has 0 saturated carbocycles. The fourth-order valence-corrected chi connectivity index (χ4v) is 2.48. The van der Waals surface area contributed by atoms with Crippen molar-refractivity contribution < 1.29 is 24.5 Å². The average Bonchev–Trinajstić information content (AvgIpc) is 2.56. The maximum absolute atomic E-state index is 11.5. The predicted octanol–water partition coefficient (Wildman–Crippen LogP) is 4.00. The van der Waals surface area contributed by atoms with Gasteiger partial charge in [0, 0.05) is 5.69 Å². The van der Waals surface area contributed by atoms with Gasteiger partial charge in [-0.25, -0.2) is 4.79 Å². The third-order valence-electron chi connectivity index (χ3n) is 3.27. The quantitative estimate of drug-likeness (QED) is 0.540. The van der Waals surface area contributed by atoms with Gasteiger partial charge in [0.15, 0.2) is 0 Å². The molecule has 0 bridgehead atoms. The van der Waals surface area contributed by atoms with Gasteiger partial charge < -0.3 is 15.2 Å². The lowest BCUT2D eigenvalue weighted by Gasteiger charge is -2.12. The maximum Gasteiger partial charge on any atom is 0.339 e. The molecule has 0 aliphatic heterocycles. The van der Waals surface area contributed by atoms with Crippen LogP contribution in [0.15, 0.2) is 30.3 Å². The Morgan fingerprint density at radius 1 is 1.19 bits per heavy atom. The fraction of sp³-hybridized carbons (Fsp3) is 0.133. The van der Waals surface area contributed by atoms with Crippen LogP contribution in [0.1, 0.15) is 17.3 Å². The van der Waals surface area contributed by atoms with Gasteiger partial charge in [-0.15, -0.1) is 0 Å². The van der Waals surface area contributed by atoms with Gasteiger partial charge in [0.1, 0.15) is 22.0 Å². The van der Waals surface area contributed by atoms with Crippen molar-refractivity contribution in [3.05, 3.63) is 61.1 Å². The molecule has 0 aliphatic rings. The molecule has 2 aromatic carbocycles. The lowest BCUT2D eigenvalue weighted by Crippen LogP contribution is -2.09. The average molecular weight is 382 g/mol. The molecule has 2 rings (SSSR count). The van der Waals surface area contributed by atoms with Crippen molar-refractivity contribution in [3.8, 4) is 5.75 Å². The molecule has 2 aromatic rings. The van der Waals surface area contributed by atoms with E-state index in [2.05, 4.69) is 5.32 Å². The highest BCUT2D eigenvalue weighted by atomic mass is 35.5. The summed E-state index contributed by atoms with van der Waals surface area (Å²) in [5, 5.41) is 33.6. The summed E-state index contributed by atoms with van der Waals surface area (Å²) in [5.74, 6) is -1.09. The summed E-state index contributed by atoms with van der Waals surface area (Å²) in [6, 6.07) is 6.78. The van der Waals surface area contributed by atoms with Crippen molar-refractivity contribution >= 4 is 40.3 Å². The van der Waals surface area contributed by atoms with E-state index in [4.69, 9.17) is 16.3 Å². The van der Waals surface area contributed by atoms with E-state index in [9.17, 15) is 30.1 Å². The topological polar surface area (TPSA) is 145 Å². The summed E-state index contributed by atoms with van der Waals surface area (Å²) in [5.41, 5.74) is -2.56. The van der Waals surface area contributed by atoms with Crippen LogP contribution in [-0.4, -0.2) is 27.5 Å². The van der Waals surface area contributed by atoms with Crippen LogP contribution in [0, 0.1) is 20.2 Å². The van der Waals surface area contributed by atoms with Gasteiger partial charge in [0.05, 0.1) is 22.5 Å². The van der Waals surface area contributed by atoms with Crippen LogP contribution in [0.4, 0.5) is 22.7 Å². The van der Waals surface area contributed by atoms with Crippen molar-refractivity contribution in [1.82, 2.24) is 0 Å². The van der Waals surface area contributed by atoms with Gasteiger partial charge in [0.2, 0.25) is 0 Å². The Bertz CT molecular complexity index is 884. The molecule has 0 aromatic heterocycles. The lowest BCUT2D eigenvalue weighted by molar-refractivity contribution is -0.393. The molecule has 0 unspecified atom stereocenters. The standard InChI is InChI=1S/C15H12ClN3O7/c1-2-26-9-5-3-8(4-6-9)17-14-11(19(24)25)7-10(18(22)23)13(16)12(14)15(20)21/h3-7,17H,2H2,1H3,(H,20,21). The molecule has 136 valence electrons. The minimum Gasteiger partial charge on any atom is -0.494 e. The van der Waals surface area contributed by atoms with Crippen molar-refractivity contribution in [2.75, 3.05) is 11.9 Å². The first-order valence-electron chi connectivity index (χ1n) is 7.14. The minimum atomic E-state index is -1.64. The fourth-order valence-electron chi connectivity index (χ4n) is 2.18. The van der Waals surface area contributed by atoms with Gasteiger partial charge in [-0.1, -0.05) is 11.6 Å². The van der Waals surface area contributed by atoms with Crippen LogP contribution < -0.4 is 10.1 Å². The summed E-state index contributed by atoms with van der Waals surface area (Å²) < 4.78 is 5.27. The van der Waals surface area contributed by atoms with Crippen LogP contribution in [-0.2, 0) is 0 Å². The molecule has 26 heavy (non-hydrogen) atoms. The number of benzene rings is 2. The number of aromatic carboxylic acids is 1. The maximum atomic E-state index is 11.5. The first-order valence-corrected chi connectivity index (χ1v) is 7.52. The zero-order valence-electron chi connectivity index (χ0n) is 13.3. The monoisotopic (exact) mass is 381 g/mol. The van der Waals surface area contributed by atoms with Crippen molar-refractivity contribution in [2.24, 2.45) is 0 Å².